The van der Waals surface area contributed by atoms with E-state index in [9.17, 15) is 0 Å². The number of hydrogen-bond donors (Lipinski definition) is 0. The fraction of sp³-hybridized carbons (Fsp3) is 0.636. The number of halogens is 1. The normalized spacial score (nSPS) is 15.5. The van der Waals surface area contributed by atoms with E-state index in [1.165, 1.54) is 0 Å². The average Bonchev–Trinajstić information content (AvgIpc) is 2.99. The second kappa shape index (κ2) is 4.97. The van der Waals surface area contributed by atoms with Gasteiger partial charge < -0.3 is 9.64 Å². The fourth-order valence-corrected chi connectivity index (χ4v) is 1.52. The minimum atomic E-state index is 0.469. The first-order valence-electron chi connectivity index (χ1n) is 5.47. The van der Waals surface area contributed by atoms with E-state index in [1.54, 1.807) is 6.07 Å². The van der Waals surface area contributed by atoms with Crippen LogP contribution in [0.2, 0.25) is 5.15 Å². The van der Waals surface area contributed by atoms with Gasteiger partial charge in [0, 0.05) is 18.5 Å². The molecular weight excluding hydrogens is 226 g/mol. The van der Waals surface area contributed by atoms with Crippen molar-refractivity contribution in [1.29, 1.82) is 0 Å². The number of nitrogens with zero attached hydrogens (tertiary/aromatic N) is 3. The Balaban J connectivity index is 1.97. The second-order valence-electron chi connectivity index (χ2n) is 4.31. The number of ether oxygens (including phenoxy) is 1. The van der Waals surface area contributed by atoms with Crippen molar-refractivity contribution in [3.05, 3.63) is 17.0 Å². The summed E-state index contributed by atoms with van der Waals surface area (Å²) < 4.78 is 5.54. The monoisotopic (exact) mass is 241 g/mol. The van der Waals surface area contributed by atoms with Gasteiger partial charge in [-0.15, -0.1) is 0 Å². The molecule has 16 heavy (non-hydrogen) atoms. The first-order chi connectivity index (χ1) is 7.65. The molecule has 88 valence electrons. The highest BCUT2D eigenvalue weighted by molar-refractivity contribution is 6.29. The fourth-order valence-electron chi connectivity index (χ4n) is 1.34. The van der Waals surface area contributed by atoms with Crippen LogP contribution in [0.1, 0.15) is 24.6 Å². The molecule has 0 aromatic carbocycles. The molecule has 2 rings (SSSR count). The second-order valence-corrected chi connectivity index (χ2v) is 4.70. The van der Waals surface area contributed by atoms with Gasteiger partial charge in [-0.3, -0.25) is 0 Å². The molecule has 0 radical (unpaired) electrons. The number of rotatable bonds is 5. The third kappa shape index (κ3) is 3.32. The third-order valence-corrected chi connectivity index (χ3v) is 2.61. The minimum Gasteiger partial charge on any atom is -0.476 e. The van der Waals surface area contributed by atoms with Crippen LogP contribution >= 0.6 is 11.6 Å². The van der Waals surface area contributed by atoms with Gasteiger partial charge >= 0.3 is 0 Å². The lowest BCUT2D eigenvalue weighted by Crippen LogP contribution is -2.19. The molecule has 4 nitrogen and oxygen atoms in total. The summed E-state index contributed by atoms with van der Waals surface area (Å²) in [5, 5.41) is 0.469. The summed E-state index contributed by atoms with van der Waals surface area (Å²) in [7, 11) is 4.01. The topological polar surface area (TPSA) is 38.2 Å². The molecule has 0 aliphatic heterocycles. The summed E-state index contributed by atoms with van der Waals surface area (Å²) in [6, 6.07) is 1.67. The van der Waals surface area contributed by atoms with Gasteiger partial charge in [0.2, 0.25) is 5.88 Å². The van der Waals surface area contributed by atoms with Crippen LogP contribution in [-0.4, -0.2) is 42.1 Å². The molecule has 0 saturated heterocycles. The van der Waals surface area contributed by atoms with Gasteiger partial charge in [-0.25, -0.2) is 4.98 Å². The molecule has 5 heteroatoms. The Morgan fingerprint density at radius 3 is 2.81 bits per heavy atom. The van der Waals surface area contributed by atoms with Crippen LogP contribution in [0, 0.1) is 0 Å². The van der Waals surface area contributed by atoms with E-state index in [-0.39, 0.29) is 0 Å². The Hall–Kier alpha value is -0.870. The van der Waals surface area contributed by atoms with Gasteiger partial charge in [-0.05, 0) is 26.9 Å². The lowest BCUT2D eigenvalue weighted by atomic mass is 10.4. The number of aromatic nitrogens is 2. The summed E-state index contributed by atoms with van der Waals surface area (Å²) in [6.45, 7) is 1.48. The molecule has 0 atom stereocenters. The Morgan fingerprint density at radius 1 is 1.44 bits per heavy atom. The van der Waals surface area contributed by atoms with E-state index in [0.717, 1.165) is 25.2 Å². The average molecular weight is 242 g/mol. The van der Waals surface area contributed by atoms with E-state index in [2.05, 4.69) is 14.9 Å². The smallest absolute Gasteiger partial charge is 0.218 e. The van der Waals surface area contributed by atoms with Crippen molar-refractivity contribution in [2.75, 3.05) is 27.2 Å². The molecule has 1 aliphatic rings. The largest absolute Gasteiger partial charge is 0.476 e. The zero-order valence-corrected chi connectivity index (χ0v) is 10.4. The number of likely N-dealkylation sites (N-methyl/N-ethyl adjacent to an activating group) is 1. The van der Waals surface area contributed by atoms with Crippen molar-refractivity contribution >= 4 is 11.6 Å². The first kappa shape index (κ1) is 11.6. The zero-order chi connectivity index (χ0) is 11.5. The van der Waals surface area contributed by atoms with Crippen LogP contribution in [0.25, 0.3) is 0 Å². The van der Waals surface area contributed by atoms with E-state index < -0.39 is 0 Å². The predicted molar refractivity (Wildman–Crippen MR) is 63.1 cm³/mol. The standard InChI is InChI=1S/C11H16ClN3O/c1-15(2)5-6-16-10-7-9(12)13-11(14-10)8-3-4-8/h7-8H,3-6H2,1-2H3. The number of hydrogen-bond acceptors (Lipinski definition) is 4. The van der Waals surface area contributed by atoms with Crippen molar-refractivity contribution in [1.82, 2.24) is 14.9 Å². The molecule has 1 aromatic rings. The summed E-state index contributed by atoms with van der Waals surface area (Å²) >= 11 is 5.92. The lowest BCUT2D eigenvalue weighted by molar-refractivity contribution is 0.253. The minimum absolute atomic E-state index is 0.469. The molecular formula is C11H16ClN3O. The highest BCUT2D eigenvalue weighted by Crippen LogP contribution is 2.38. The summed E-state index contributed by atoms with van der Waals surface area (Å²) in [6.07, 6.45) is 2.33. The highest BCUT2D eigenvalue weighted by Gasteiger charge is 2.27. The molecule has 1 saturated carbocycles. The third-order valence-electron chi connectivity index (χ3n) is 2.42. The Labute approximate surface area is 101 Å². The van der Waals surface area contributed by atoms with Crippen molar-refractivity contribution in [3.63, 3.8) is 0 Å². The predicted octanol–water partition coefficient (Wildman–Crippen LogP) is 1.95. The van der Waals surface area contributed by atoms with E-state index in [1.807, 2.05) is 14.1 Å². The van der Waals surface area contributed by atoms with Crippen LogP contribution in [0.3, 0.4) is 0 Å². The first-order valence-corrected chi connectivity index (χ1v) is 5.85. The zero-order valence-electron chi connectivity index (χ0n) is 9.61. The Kier molecular flexibility index (Phi) is 3.61. The Morgan fingerprint density at radius 2 is 2.19 bits per heavy atom. The van der Waals surface area contributed by atoms with E-state index in [4.69, 9.17) is 16.3 Å². The SMILES string of the molecule is CN(C)CCOc1cc(Cl)nc(C2CC2)n1. The molecule has 0 unspecified atom stereocenters. The molecule has 1 fully saturated rings. The van der Waals surface area contributed by atoms with Crippen molar-refractivity contribution in [2.45, 2.75) is 18.8 Å². The molecule has 0 bridgehead atoms. The maximum atomic E-state index is 5.92. The molecule has 1 aliphatic carbocycles. The van der Waals surface area contributed by atoms with Gasteiger partial charge in [0.15, 0.2) is 0 Å². The van der Waals surface area contributed by atoms with Crippen LogP contribution < -0.4 is 4.74 Å². The highest BCUT2D eigenvalue weighted by atomic mass is 35.5. The van der Waals surface area contributed by atoms with Crippen molar-refractivity contribution < 1.29 is 4.74 Å². The molecule has 1 heterocycles. The Bertz CT molecular complexity index is 366. The van der Waals surface area contributed by atoms with Crippen molar-refractivity contribution in [2.24, 2.45) is 0 Å². The lowest BCUT2D eigenvalue weighted by Gasteiger charge is -2.10. The maximum absolute atomic E-state index is 5.92. The van der Waals surface area contributed by atoms with Gasteiger partial charge in [0.05, 0.1) is 0 Å². The van der Waals surface area contributed by atoms with Crippen LogP contribution in [0.4, 0.5) is 0 Å². The van der Waals surface area contributed by atoms with E-state index >= 15 is 0 Å². The van der Waals surface area contributed by atoms with Crippen LogP contribution in [0.5, 0.6) is 5.88 Å². The summed E-state index contributed by atoms with van der Waals surface area (Å²) in [5.74, 6) is 1.91. The molecule has 1 aromatic heterocycles. The van der Waals surface area contributed by atoms with Gasteiger partial charge in [-0.2, -0.15) is 4.98 Å². The summed E-state index contributed by atoms with van der Waals surface area (Å²) in [5.41, 5.74) is 0. The molecule has 0 amide bonds. The van der Waals surface area contributed by atoms with E-state index in [0.29, 0.717) is 23.6 Å². The van der Waals surface area contributed by atoms with Gasteiger partial charge in [0.25, 0.3) is 0 Å². The van der Waals surface area contributed by atoms with Gasteiger partial charge in [0.1, 0.15) is 17.6 Å². The molecule has 0 spiro atoms. The quantitative estimate of drug-likeness (QED) is 0.739. The molecule has 0 N–H and O–H groups in total. The van der Waals surface area contributed by atoms with Gasteiger partial charge in [-0.1, -0.05) is 11.6 Å². The van der Waals surface area contributed by atoms with Crippen molar-refractivity contribution in [3.8, 4) is 5.88 Å². The van der Waals surface area contributed by atoms with Crippen LogP contribution in [-0.2, 0) is 0 Å². The summed E-state index contributed by atoms with van der Waals surface area (Å²) in [4.78, 5) is 10.6. The maximum Gasteiger partial charge on any atom is 0.218 e. The van der Waals surface area contributed by atoms with Crippen LogP contribution in [0.15, 0.2) is 6.07 Å².